The second-order valence-corrected chi connectivity index (χ2v) is 5.20. The van der Waals surface area contributed by atoms with Gasteiger partial charge in [-0.15, -0.1) is 0 Å². The monoisotopic (exact) mass is 356 g/mol. The van der Waals surface area contributed by atoms with Crippen LogP contribution in [0.25, 0.3) is 0 Å². The molecule has 0 aliphatic rings. The highest BCUT2D eigenvalue weighted by Gasteiger charge is 2.30. The highest BCUT2D eigenvalue weighted by Crippen LogP contribution is 2.29. The zero-order valence-corrected chi connectivity index (χ0v) is 13.1. The molecule has 0 saturated heterocycles. The van der Waals surface area contributed by atoms with Crippen molar-refractivity contribution in [3.8, 4) is 0 Å². The number of hydrogen-bond acceptors (Lipinski definition) is 4. The smallest absolute Gasteiger partial charge is 0.416 e. The van der Waals surface area contributed by atoms with Gasteiger partial charge in [0, 0.05) is 5.69 Å². The molecule has 0 radical (unpaired) electrons. The van der Waals surface area contributed by atoms with Gasteiger partial charge < -0.3 is 20.2 Å². The molecule has 0 bridgehead atoms. The van der Waals surface area contributed by atoms with Gasteiger partial charge in [-0.2, -0.15) is 13.2 Å². The Hall–Kier alpha value is -2.81. The van der Waals surface area contributed by atoms with Crippen LogP contribution in [-0.2, 0) is 15.8 Å². The number of halogens is 3. The number of benzene rings is 1. The molecule has 2 rings (SSSR count). The molecule has 2 amide bonds. The van der Waals surface area contributed by atoms with Crippen molar-refractivity contribution in [2.75, 3.05) is 11.9 Å². The van der Waals surface area contributed by atoms with Crippen LogP contribution in [0.15, 0.2) is 40.8 Å². The number of aryl methyl sites for hydroxylation is 1. The summed E-state index contributed by atoms with van der Waals surface area (Å²) < 4.78 is 42.5. The molecule has 1 aromatic heterocycles. The van der Waals surface area contributed by atoms with Crippen molar-refractivity contribution < 1.29 is 32.3 Å². The minimum Gasteiger partial charge on any atom is -0.464 e. The summed E-state index contributed by atoms with van der Waals surface area (Å²) in [5.41, 5.74) is -0.831. The number of nitrogens with one attached hydrogen (secondary N) is 2. The van der Waals surface area contributed by atoms with Crippen LogP contribution in [0.3, 0.4) is 0 Å². The van der Waals surface area contributed by atoms with Crippen molar-refractivity contribution in [1.82, 2.24) is 5.32 Å². The molecule has 9 heteroatoms. The number of aliphatic hydroxyl groups is 1. The second-order valence-electron chi connectivity index (χ2n) is 5.20. The number of aliphatic hydroxyl groups excluding tert-OH is 1. The Kier molecular flexibility index (Phi) is 5.48. The van der Waals surface area contributed by atoms with Gasteiger partial charge in [-0.3, -0.25) is 9.59 Å². The number of carbonyl (C=O) groups is 2. The van der Waals surface area contributed by atoms with Gasteiger partial charge >= 0.3 is 18.0 Å². The maximum Gasteiger partial charge on any atom is 0.416 e. The number of rotatable bonds is 4. The quantitative estimate of drug-likeness (QED) is 0.734. The Balaban J connectivity index is 1.86. The van der Waals surface area contributed by atoms with E-state index in [2.05, 4.69) is 10.6 Å². The SMILES string of the molecule is Cc1ccc(C(O)CNC(=O)C(=O)Nc2ccc(C(F)(F)F)cc2)o1. The zero-order valence-electron chi connectivity index (χ0n) is 13.1. The summed E-state index contributed by atoms with van der Waals surface area (Å²) in [6.07, 6.45) is -5.61. The van der Waals surface area contributed by atoms with Crippen LogP contribution < -0.4 is 10.6 Å². The second kappa shape index (κ2) is 7.39. The molecular weight excluding hydrogens is 341 g/mol. The minimum absolute atomic E-state index is 0.0374. The first-order chi connectivity index (χ1) is 11.7. The van der Waals surface area contributed by atoms with Gasteiger partial charge in [-0.25, -0.2) is 0 Å². The molecule has 1 unspecified atom stereocenters. The van der Waals surface area contributed by atoms with E-state index >= 15 is 0 Å². The minimum atomic E-state index is -4.49. The number of anilines is 1. The molecule has 2 aromatic rings. The Morgan fingerprint density at radius 3 is 2.28 bits per heavy atom. The van der Waals surface area contributed by atoms with Crippen molar-refractivity contribution in [3.05, 3.63) is 53.5 Å². The Morgan fingerprint density at radius 2 is 1.76 bits per heavy atom. The number of carbonyl (C=O) groups excluding carboxylic acids is 2. The molecule has 0 saturated carbocycles. The van der Waals surface area contributed by atoms with Crippen LogP contribution in [0.5, 0.6) is 0 Å². The van der Waals surface area contributed by atoms with Gasteiger partial charge in [0.1, 0.15) is 17.6 Å². The Bertz CT molecular complexity index is 753. The van der Waals surface area contributed by atoms with E-state index in [9.17, 15) is 27.9 Å². The first kappa shape index (κ1) is 18.5. The van der Waals surface area contributed by atoms with Crippen LogP contribution in [-0.4, -0.2) is 23.5 Å². The van der Waals surface area contributed by atoms with Crippen LogP contribution >= 0.6 is 0 Å². The Morgan fingerprint density at radius 1 is 1.12 bits per heavy atom. The summed E-state index contributed by atoms with van der Waals surface area (Å²) in [7, 11) is 0. The maximum absolute atomic E-state index is 12.4. The molecule has 0 spiro atoms. The van der Waals surface area contributed by atoms with Crippen molar-refractivity contribution >= 4 is 17.5 Å². The van der Waals surface area contributed by atoms with Gasteiger partial charge in [-0.1, -0.05) is 0 Å². The molecule has 1 heterocycles. The molecule has 134 valence electrons. The third kappa shape index (κ3) is 5.08. The fourth-order valence-electron chi connectivity index (χ4n) is 1.93. The standard InChI is InChI=1S/C16H15F3N2O4/c1-9-2-7-13(25-9)12(22)8-20-14(23)15(24)21-11-5-3-10(4-6-11)16(17,18)19/h2-7,12,22H,8H2,1H3,(H,20,23)(H,21,24). The molecule has 0 aliphatic heterocycles. The summed E-state index contributed by atoms with van der Waals surface area (Å²) in [6.45, 7) is 1.43. The lowest BCUT2D eigenvalue weighted by atomic mass is 10.2. The third-order valence-corrected chi connectivity index (χ3v) is 3.22. The predicted octanol–water partition coefficient (Wildman–Crippen LogP) is 2.40. The van der Waals surface area contributed by atoms with E-state index in [0.29, 0.717) is 5.76 Å². The van der Waals surface area contributed by atoms with Crippen LogP contribution in [0.1, 0.15) is 23.2 Å². The van der Waals surface area contributed by atoms with Crippen LogP contribution in [0, 0.1) is 6.92 Å². The molecular formula is C16H15F3N2O4. The molecule has 1 atom stereocenters. The normalized spacial score (nSPS) is 12.5. The molecule has 0 fully saturated rings. The fourth-order valence-corrected chi connectivity index (χ4v) is 1.93. The number of amides is 2. The molecule has 0 aliphatic carbocycles. The van der Waals surface area contributed by atoms with Gasteiger partial charge in [0.05, 0.1) is 12.1 Å². The number of furan rings is 1. The zero-order chi connectivity index (χ0) is 18.6. The van der Waals surface area contributed by atoms with E-state index in [-0.39, 0.29) is 18.0 Å². The molecule has 1 aromatic carbocycles. The topological polar surface area (TPSA) is 91.6 Å². The maximum atomic E-state index is 12.4. The van der Waals surface area contributed by atoms with E-state index in [0.717, 1.165) is 24.3 Å². The lowest BCUT2D eigenvalue weighted by Crippen LogP contribution is -2.37. The van der Waals surface area contributed by atoms with Crippen molar-refractivity contribution in [2.45, 2.75) is 19.2 Å². The summed E-state index contributed by atoms with van der Waals surface area (Å²) in [6, 6.07) is 6.82. The lowest BCUT2D eigenvalue weighted by Gasteiger charge is -2.11. The van der Waals surface area contributed by atoms with E-state index in [1.807, 2.05) is 0 Å². The first-order valence-electron chi connectivity index (χ1n) is 7.17. The van der Waals surface area contributed by atoms with Gasteiger partial charge in [-0.05, 0) is 43.3 Å². The summed E-state index contributed by atoms with van der Waals surface area (Å²) in [5.74, 6) is -1.29. The molecule has 3 N–H and O–H groups in total. The van der Waals surface area contributed by atoms with E-state index < -0.39 is 29.7 Å². The summed E-state index contributed by atoms with van der Waals surface area (Å²) >= 11 is 0. The Labute approximate surface area is 140 Å². The highest BCUT2D eigenvalue weighted by molar-refractivity contribution is 6.39. The van der Waals surface area contributed by atoms with Gasteiger partial charge in [0.2, 0.25) is 0 Å². The lowest BCUT2D eigenvalue weighted by molar-refractivity contribution is -0.137. The van der Waals surface area contributed by atoms with Crippen molar-refractivity contribution in [2.24, 2.45) is 0 Å². The van der Waals surface area contributed by atoms with Gasteiger partial charge in [0.25, 0.3) is 0 Å². The fraction of sp³-hybridized carbons (Fsp3) is 0.250. The number of hydrogen-bond donors (Lipinski definition) is 3. The first-order valence-corrected chi connectivity index (χ1v) is 7.17. The van der Waals surface area contributed by atoms with Gasteiger partial charge in [0.15, 0.2) is 0 Å². The largest absolute Gasteiger partial charge is 0.464 e. The van der Waals surface area contributed by atoms with E-state index in [4.69, 9.17) is 4.42 Å². The van der Waals surface area contributed by atoms with Crippen molar-refractivity contribution in [1.29, 1.82) is 0 Å². The number of alkyl halides is 3. The predicted molar refractivity (Wildman–Crippen MR) is 81.5 cm³/mol. The van der Waals surface area contributed by atoms with Crippen molar-refractivity contribution in [3.63, 3.8) is 0 Å². The average Bonchev–Trinajstić information content (AvgIpc) is 2.98. The van der Waals surface area contributed by atoms with E-state index in [1.165, 1.54) is 6.07 Å². The average molecular weight is 356 g/mol. The summed E-state index contributed by atoms with van der Waals surface area (Å²) in [5, 5.41) is 14.2. The van der Waals surface area contributed by atoms with Crippen LogP contribution in [0.2, 0.25) is 0 Å². The molecule has 25 heavy (non-hydrogen) atoms. The summed E-state index contributed by atoms with van der Waals surface area (Å²) in [4.78, 5) is 23.4. The van der Waals surface area contributed by atoms with Crippen LogP contribution in [0.4, 0.5) is 18.9 Å². The van der Waals surface area contributed by atoms with E-state index in [1.54, 1.807) is 13.0 Å². The molecule has 6 nitrogen and oxygen atoms in total. The third-order valence-electron chi connectivity index (χ3n) is 3.22. The highest BCUT2D eigenvalue weighted by atomic mass is 19.4.